The fourth-order valence-corrected chi connectivity index (χ4v) is 8.71. The Morgan fingerprint density at radius 3 is 1.33 bits per heavy atom. The number of ether oxygens (including phenoxy) is 4. The Balaban J connectivity index is 2.35. The average molecular weight is 1090 g/mol. The number of aliphatic hydroxyl groups excluding tert-OH is 3. The third kappa shape index (κ3) is 44.5. The lowest BCUT2D eigenvalue weighted by molar-refractivity contribution is -0.301. The van der Waals surface area contributed by atoms with Crippen LogP contribution in [0.5, 0.6) is 0 Å². The second-order valence-corrected chi connectivity index (χ2v) is 20.5. The van der Waals surface area contributed by atoms with Gasteiger partial charge in [0.1, 0.15) is 30.5 Å². The first-order valence-corrected chi connectivity index (χ1v) is 30.7. The first-order valence-electron chi connectivity index (χ1n) is 29.3. The van der Waals surface area contributed by atoms with Crippen molar-refractivity contribution in [3.05, 3.63) is 122 Å². The summed E-state index contributed by atoms with van der Waals surface area (Å²) < 4.78 is 59.4. The molecule has 1 fully saturated rings. The van der Waals surface area contributed by atoms with E-state index >= 15 is 0 Å². The lowest BCUT2D eigenvalue weighted by Crippen LogP contribution is -2.60. The van der Waals surface area contributed by atoms with E-state index < -0.39 is 59.8 Å². The zero-order valence-electron chi connectivity index (χ0n) is 47.0. The maximum atomic E-state index is 12.9. The van der Waals surface area contributed by atoms with Crippen LogP contribution in [-0.2, 0) is 38.3 Å². The number of unbranched alkanes of at least 4 members (excludes halogenated alkanes) is 17. The number of allylic oxidation sites excluding steroid dienone is 20. The summed E-state index contributed by atoms with van der Waals surface area (Å²) >= 11 is 0. The summed E-state index contributed by atoms with van der Waals surface area (Å²) in [6.07, 6.45) is 66.7. The van der Waals surface area contributed by atoms with Gasteiger partial charge in [0.2, 0.25) is 0 Å². The van der Waals surface area contributed by atoms with E-state index in [1.807, 2.05) is 6.08 Å². The van der Waals surface area contributed by atoms with Crippen molar-refractivity contribution in [2.24, 2.45) is 0 Å². The molecule has 0 aromatic carbocycles. The van der Waals surface area contributed by atoms with Crippen LogP contribution in [-0.4, -0.2) is 97.5 Å². The van der Waals surface area contributed by atoms with Gasteiger partial charge in [0, 0.05) is 13.0 Å². The standard InChI is InChI=1S/C63H104O12S/c1-3-5-7-9-11-13-15-17-19-21-23-25-27-28-29-31-33-35-37-39-41-43-45-47-49-51-53-71-55-57(56-72-63-61(67)62(75-76(68,69)70)60(66)58(54-64)74-63)73-59(65)52-50-48-46-44-42-40-38-36-34-32-30-26-24-22-20-18-16-14-12-10-8-6-4-2/h6,8,12,14-15,17-18,20-21,23-24,26-28,32,34,38,40,44,46,57-58,60-64,66-67H,3-5,7,9-11,13,16,19,22,25,29-31,33,35-37,39,41-43,45,47-56H2,1-2H3,(H,68,69,70)/b8-6-,14-12-,17-15-,20-18-,23-21-,26-24-,28-27-,34-32-,40-38-,46-44-. The van der Waals surface area contributed by atoms with Crippen LogP contribution in [0.25, 0.3) is 0 Å². The second-order valence-electron chi connectivity index (χ2n) is 19.5. The molecule has 0 saturated carbocycles. The normalized spacial score (nSPS) is 19.5. The van der Waals surface area contributed by atoms with Crippen LogP contribution in [0.15, 0.2) is 122 Å². The Labute approximate surface area is 461 Å². The molecular weight excluding hydrogens is 981 g/mol. The van der Waals surface area contributed by atoms with Gasteiger partial charge in [-0.25, -0.2) is 4.18 Å². The molecule has 0 spiro atoms. The Morgan fingerprint density at radius 1 is 0.513 bits per heavy atom. The highest BCUT2D eigenvalue weighted by Crippen LogP contribution is 2.26. The SMILES string of the molecule is CC/C=C\C/C=C\C/C=C\C/C=C\C/C=C\C/C=C\C/C=C\CCCC(=O)OC(COCCCCCCCCCCCCC/C=C\C/C=C\C/C=C\CCCCCCC)COC1OC(CO)C(O)C(OS(=O)(=O)O)C1O. The molecule has 1 aliphatic heterocycles. The molecule has 76 heavy (non-hydrogen) atoms. The summed E-state index contributed by atoms with van der Waals surface area (Å²) in [5, 5.41) is 30.9. The van der Waals surface area contributed by atoms with Crippen LogP contribution >= 0.6 is 0 Å². The van der Waals surface area contributed by atoms with E-state index in [-0.39, 0.29) is 19.6 Å². The number of hydrogen-bond acceptors (Lipinski definition) is 11. The van der Waals surface area contributed by atoms with Gasteiger partial charge in [0.15, 0.2) is 6.29 Å². The molecule has 4 N–H and O–H groups in total. The summed E-state index contributed by atoms with van der Waals surface area (Å²) in [5.74, 6) is -0.461. The van der Waals surface area contributed by atoms with E-state index in [2.05, 4.69) is 133 Å². The quantitative estimate of drug-likeness (QED) is 0.0196. The number of carbonyl (C=O) groups excluding carboxylic acids is 1. The molecule has 0 amide bonds. The molecule has 13 heteroatoms. The van der Waals surface area contributed by atoms with Crippen molar-refractivity contribution in [2.45, 2.75) is 243 Å². The van der Waals surface area contributed by atoms with E-state index in [1.165, 1.54) is 89.9 Å². The number of aliphatic hydroxyl groups is 3. The highest BCUT2D eigenvalue weighted by atomic mass is 32.3. The number of hydrogen-bond donors (Lipinski definition) is 4. The van der Waals surface area contributed by atoms with E-state index in [9.17, 15) is 33.1 Å². The van der Waals surface area contributed by atoms with E-state index in [4.69, 9.17) is 18.9 Å². The summed E-state index contributed by atoms with van der Waals surface area (Å²) in [4.78, 5) is 12.9. The summed E-state index contributed by atoms with van der Waals surface area (Å²) in [6, 6.07) is 0. The molecule has 0 aliphatic carbocycles. The number of esters is 1. The first kappa shape index (κ1) is 70.5. The fourth-order valence-electron chi connectivity index (χ4n) is 8.20. The summed E-state index contributed by atoms with van der Waals surface area (Å²) in [6.45, 7) is 3.79. The third-order valence-electron chi connectivity index (χ3n) is 12.6. The van der Waals surface area contributed by atoms with Gasteiger partial charge in [0.05, 0.1) is 19.8 Å². The van der Waals surface area contributed by atoms with Crippen LogP contribution < -0.4 is 0 Å². The highest BCUT2D eigenvalue weighted by molar-refractivity contribution is 7.80. The smallest absolute Gasteiger partial charge is 0.397 e. The van der Waals surface area contributed by atoms with Gasteiger partial charge in [0.25, 0.3) is 0 Å². The minimum atomic E-state index is -5.08. The molecule has 0 radical (unpaired) electrons. The summed E-state index contributed by atoms with van der Waals surface area (Å²) in [5.41, 5.74) is 0. The number of carbonyl (C=O) groups is 1. The van der Waals surface area contributed by atoms with E-state index in [0.29, 0.717) is 19.4 Å². The van der Waals surface area contributed by atoms with Gasteiger partial charge in [-0.15, -0.1) is 0 Å². The van der Waals surface area contributed by atoms with Gasteiger partial charge in [-0.2, -0.15) is 8.42 Å². The zero-order chi connectivity index (χ0) is 55.3. The van der Waals surface area contributed by atoms with Crippen LogP contribution in [0.2, 0.25) is 0 Å². The van der Waals surface area contributed by atoms with Gasteiger partial charge in [-0.1, -0.05) is 219 Å². The Morgan fingerprint density at radius 2 is 0.908 bits per heavy atom. The van der Waals surface area contributed by atoms with Crippen molar-refractivity contribution in [1.29, 1.82) is 0 Å². The largest absolute Gasteiger partial charge is 0.457 e. The Hall–Kier alpha value is -3.50. The van der Waals surface area contributed by atoms with Crippen molar-refractivity contribution in [1.82, 2.24) is 0 Å². The first-order chi connectivity index (χ1) is 37.1. The van der Waals surface area contributed by atoms with Crippen molar-refractivity contribution in [3.8, 4) is 0 Å². The minimum Gasteiger partial charge on any atom is -0.457 e. The fraction of sp³-hybridized carbons (Fsp3) is 0.667. The van der Waals surface area contributed by atoms with Gasteiger partial charge in [-0.05, 0) is 103 Å². The maximum absolute atomic E-state index is 12.9. The van der Waals surface area contributed by atoms with Crippen molar-refractivity contribution >= 4 is 16.4 Å². The molecule has 1 rings (SSSR count). The number of rotatable bonds is 50. The third-order valence-corrected chi connectivity index (χ3v) is 13.0. The maximum Gasteiger partial charge on any atom is 0.397 e. The molecule has 6 atom stereocenters. The van der Waals surface area contributed by atoms with E-state index in [0.717, 1.165) is 83.5 Å². The van der Waals surface area contributed by atoms with Crippen molar-refractivity contribution in [2.75, 3.05) is 26.4 Å². The Kier molecular flexibility index (Phi) is 48.4. The average Bonchev–Trinajstić information content (AvgIpc) is 3.40. The molecule has 1 saturated heterocycles. The molecular formula is C63H104O12S. The van der Waals surface area contributed by atoms with Crippen LogP contribution in [0.3, 0.4) is 0 Å². The van der Waals surface area contributed by atoms with E-state index in [1.54, 1.807) is 0 Å². The predicted octanol–water partition coefficient (Wildman–Crippen LogP) is 14.9. The van der Waals surface area contributed by atoms with Crippen LogP contribution in [0.1, 0.15) is 206 Å². The molecule has 6 unspecified atom stereocenters. The molecule has 1 heterocycles. The second kappa shape index (κ2) is 52.2. The monoisotopic (exact) mass is 1080 g/mol. The van der Waals surface area contributed by atoms with Gasteiger partial charge in [-0.3, -0.25) is 9.35 Å². The van der Waals surface area contributed by atoms with Gasteiger partial charge >= 0.3 is 16.4 Å². The molecule has 434 valence electrons. The molecule has 0 aromatic rings. The zero-order valence-corrected chi connectivity index (χ0v) is 47.8. The Bertz CT molecular complexity index is 1780. The minimum absolute atomic E-state index is 0.00247. The van der Waals surface area contributed by atoms with Crippen LogP contribution in [0.4, 0.5) is 0 Å². The van der Waals surface area contributed by atoms with Gasteiger partial charge < -0.3 is 34.3 Å². The highest BCUT2D eigenvalue weighted by Gasteiger charge is 2.48. The topological polar surface area (TPSA) is 178 Å². The van der Waals surface area contributed by atoms with Crippen molar-refractivity contribution in [3.63, 3.8) is 0 Å². The van der Waals surface area contributed by atoms with Crippen LogP contribution in [0, 0.1) is 0 Å². The molecule has 0 aromatic heterocycles. The lowest BCUT2D eigenvalue weighted by Gasteiger charge is -2.41. The summed E-state index contributed by atoms with van der Waals surface area (Å²) in [7, 11) is -5.08. The predicted molar refractivity (Wildman–Crippen MR) is 312 cm³/mol. The van der Waals surface area contributed by atoms with Crippen molar-refractivity contribution < 1.29 is 56.2 Å². The molecule has 0 bridgehead atoms. The molecule has 1 aliphatic rings. The lowest BCUT2D eigenvalue weighted by atomic mass is 9.99. The molecule has 12 nitrogen and oxygen atoms in total.